The van der Waals surface area contributed by atoms with Gasteiger partial charge in [0.25, 0.3) is 0 Å². The van der Waals surface area contributed by atoms with Crippen LogP contribution in [0.3, 0.4) is 0 Å². The molecule has 0 unspecified atom stereocenters. The van der Waals surface area contributed by atoms with Crippen molar-refractivity contribution in [1.29, 1.82) is 0 Å². The Kier molecular flexibility index (Phi) is 2.98. The lowest BCUT2D eigenvalue weighted by Gasteiger charge is -2.01. The zero-order chi connectivity index (χ0) is 11.4. The molecule has 0 spiro atoms. The average molecular weight is 212 g/mol. The van der Waals surface area contributed by atoms with E-state index in [2.05, 4.69) is 11.8 Å². The molecule has 0 heterocycles. The molecule has 0 aliphatic carbocycles. The van der Waals surface area contributed by atoms with Crippen molar-refractivity contribution < 1.29 is 9.18 Å². The molecular formula is C14H9FO. The molecule has 78 valence electrons. The average Bonchev–Trinajstić information content (AvgIpc) is 2.33. The van der Waals surface area contributed by atoms with Gasteiger partial charge in [-0.05, 0) is 12.1 Å². The fourth-order valence-corrected chi connectivity index (χ4v) is 1.56. The van der Waals surface area contributed by atoms with Crippen molar-refractivity contribution in [3.05, 3.63) is 47.8 Å². The molecule has 2 aromatic carbocycles. The van der Waals surface area contributed by atoms with Gasteiger partial charge < -0.3 is 4.79 Å². The van der Waals surface area contributed by atoms with Gasteiger partial charge in [0, 0.05) is 16.3 Å². The Morgan fingerprint density at radius 2 is 1.88 bits per heavy atom. The summed E-state index contributed by atoms with van der Waals surface area (Å²) in [6, 6.07) is 10.2. The number of benzene rings is 2. The molecule has 0 aliphatic heterocycles. The highest BCUT2D eigenvalue weighted by molar-refractivity contribution is 5.88. The van der Waals surface area contributed by atoms with E-state index >= 15 is 0 Å². The second-order valence-electron chi connectivity index (χ2n) is 3.31. The van der Waals surface area contributed by atoms with Crippen molar-refractivity contribution in [1.82, 2.24) is 0 Å². The highest BCUT2D eigenvalue weighted by Gasteiger charge is 2.02. The second kappa shape index (κ2) is 4.59. The molecule has 0 saturated heterocycles. The van der Waals surface area contributed by atoms with Gasteiger partial charge in [0.15, 0.2) is 0 Å². The quantitative estimate of drug-likeness (QED) is 0.524. The first-order chi connectivity index (χ1) is 7.83. The number of fused-ring (bicyclic) bond motifs is 1. The van der Waals surface area contributed by atoms with E-state index in [9.17, 15) is 9.18 Å². The van der Waals surface area contributed by atoms with Crippen LogP contribution < -0.4 is 0 Å². The zero-order valence-electron chi connectivity index (χ0n) is 8.53. The van der Waals surface area contributed by atoms with Crippen molar-refractivity contribution in [2.24, 2.45) is 0 Å². The number of hydrogen-bond acceptors (Lipinski definition) is 1. The fourth-order valence-electron chi connectivity index (χ4n) is 1.56. The largest absolute Gasteiger partial charge is 0.302 e. The van der Waals surface area contributed by atoms with E-state index in [1.165, 1.54) is 6.07 Å². The summed E-state index contributed by atoms with van der Waals surface area (Å²) in [5.74, 6) is 5.34. The van der Waals surface area contributed by atoms with Gasteiger partial charge in [-0.3, -0.25) is 0 Å². The van der Waals surface area contributed by atoms with E-state index in [0.29, 0.717) is 5.39 Å². The standard InChI is InChI=1S/C14H9FO/c15-14-9-8-11(5-3-4-10-16)12-6-1-2-7-13(12)14/h1-2,6-10H,4H2. The van der Waals surface area contributed by atoms with Crippen LogP contribution in [0.25, 0.3) is 10.8 Å². The number of aldehydes is 1. The van der Waals surface area contributed by atoms with Gasteiger partial charge >= 0.3 is 0 Å². The maximum absolute atomic E-state index is 13.5. The molecule has 0 fully saturated rings. The van der Waals surface area contributed by atoms with Gasteiger partial charge in [0.05, 0.1) is 6.42 Å². The molecule has 2 rings (SSSR count). The first kappa shape index (κ1) is 10.4. The first-order valence-electron chi connectivity index (χ1n) is 4.92. The number of carbonyl (C=O) groups is 1. The van der Waals surface area contributed by atoms with Gasteiger partial charge in [-0.25, -0.2) is 4.39 Å². The Morgan fingerprint density at radius 1 is 1.12 bits per heavy atom. The van der Waals surface area contributed by atoms with Crippen LogP contribution in [0, 0.1) is 17.7 Å². The Labute approximate surface area is 92.9 Å². The molecule has 0 aromatic heterocycles. The minimum absolute atomic E-state index is 0.200. The summed E-state index contributed by atoms with van der Waals surface area (Å²) in [5, 5.41) is 1.33. The Bertz CT molecular complexity index is 590. The number of rotatable bonds is 1. The van der Waals surface area contributed by atoms with E-state index in [-0.39, 0.29) is 12.2 Å². The van der Waals surface area contributed by atoms with Crippen molar-refractivity contribution in [2.75, 3.05) is 0 Å². The molecule has 0 saturated carbocycles. The summed E-state index contributed by atoms with van der Waals surface area (Å²) in [5.41, 5.74) is 0.749. The predicted octanol–water partition coefficient (Wildman–Crippen LogP) is 2.92. The first-order valence-corrected chi connectivity index (χ1v) is 4.92. The van der Waals surface area contributed by atoms with E-state index in [4.69, 9.17) is 0 Å². The fraction of sp³-hybridized carbons (Fsp3) is 0.0714. The van der Waals surface area contributed by atoms with Crippen LogP contribution in [0.1, 0.15) is 12.0 Å². The van der Waals surface area contributed by atoms with Crippen LogP contribution in [0.5, 0.6) is 0 Å². The van der Waals surface area contributed by atoms with E-state index in [1.54, 1.807) is 18.2 Å². The third kappa shape index (κ3) is 1.94. The summed E-state index contributed by atoms with van der Waals surface area (Å²) >= 11 is 0. The van der Waals surface area contributed by atoms with E-state index in [1.807, 2.05) is 12.1 Å². The Balaban J connectivity index is 2.60. The van der Waals surface area contributed by atoms with Crippen molar-refractivity contribution in [3.63, 3.8) is 0 Å². The van der Waals surface area contributed by atoms with Gasteiger partial charge in [-0.1, -0.05) is 36.1 Å². The van der Waals surface area contributed by atoms with Crippen LogP contribution in [0.15, 0.2) is 36.4 Å². The van der Waals surface area contributed by atoms with Gasteiger partial charge in [0.1, 0.15) is 12.1 Å². The zero-order valence-corrected chi connectivity index (χ0v) is 8.53. The number of carbonyl (C=O) groups excluding carboxylic acids is 1. The molecule has 16 heavy (non-hydrogen) atoms. The van der Waals surface area contributed by atoms with Crippen LogP contribution >= 0.6 is 0 Å². The Morgan fingerprint density at radius 3 is 2.62 bits per heavy atom. The smallest absolute Gasteiger partial charge is 0.131 e. The minimum atomic E-state index is -0.253. The second-order valence-corrected chi connectivity index (χ2v) is 3.31. The lowest BCUT2D eigenvalue weighted by atomic mass is 10.0. The topological polar surface area (TPSA) is 17.1 Å². The normalized spacial score (nSPS) is 9.56. The third-order valence-electron chi connectivity index (χ3n) is 2.28. The molecule has 0 aliphatic rings. The highest BCUT2D eigenvalue weighted by atomic mass is 19.1. The Hall–Kier alpha value is -2.14. The monoisotopic (exact) mass is 212 g/mol. The molecular weight excluding hydrogens is 203 g/mol. The van der Waals surface area contributed by atoms with Crippen LogP contribution in [0.4, 0.5) is 4.39 Å². The van der Waals surface area contributed by atoms with Crippen LogP contribution in [-0.2, 0) is 4.79 Å². The summed E-state index contributed by atoms with van der Waals surface area (Å²) < 4.78 is 13.5. The molecule has 2 aromatic rings. The maximum Gasteiger partial charge on any atom is 0.131 e. The number of hydrogen-bond donors (Lipinski definition) is 0. The number of halogens is 1. The maximum atomic E-state index is 13.5. The predicted molar refractivity (Wildman–Crippen MR) is 61.5 cm³/mol. The lowest BCUT2D eigenvalue weighted by molar-refractivity contribution is -0.107. The summed E-state index contributed by atoms with van der Waals surface area (Å²) in [6.07, 6.45) is 0.949. The summed E-state index contributed by atoms with van der Waals surface area (Å²) in [7, 11) is 0. The molecule has 0 atom stereocenters. The van der Waals surface area contributed by atoms with Crippen LogP contribution in [-0.4, -0.2) is 6.29 Å². The lowest BCUT2D eigenvalue weighted by Crippen LogP contribution is -1.84. The van der Waals surface area contributed by atoms with E-state index < -0.39 is 0 Å². The van der Waals surface area contributed by atoms with Gasteiger partial charge in [-0.15, -0.1) is 0 Å². The summed E-state index contributed by atoms with van der Waals surface area (Å²) in [6.45, 7) is 0. The SMILES string of the molecule is O=CCC#Cc1ccc(F)c2ccccc12. The molecule has 2 heteroatoms. The van der Waals surface area contributed by atoms with E-state index in [0.717, 1.165) is 17.2 Å². The van der Waals surface area contributed by atoms with Crippen molar-refractivity contribution in [3.8, 4) is 11.8 Å². The molecule has 0 N–H and O–H groups in total. The van der Waals surface area contributed by atoms with Gasteiger partial charge in [-0.2, -0.15) is 0 Å². The third-order valence-corrected chi connectivity index (χ3v) is 2.28. The van der Waals surface area contributed by atoms with Crippen LogP contribution in [0.2, 0.25) is 0 Å². The molecule has 0 bridgehead atoms. The van der Waals surface area contributed by atoms with Crippen molar-refractivity contribution in [2.45, 2.75) is 6.42 Å². The highest BCUT2D eigenvalue weighted by Crippen LogP contribution is 2.20. The summed E-state index contributed by atoms with van der Waals surface area (Å²) in [4.78, 5) is 10.2. The molecule has 0 radical (unpaired) electrons. The minimum Gasteiger partial charge on any atom is -0.302 e. The molecule has 1 nitrogen and oxygen atoms in total. The molecule has 0 amide bonds. The van der Waals surface area contributed by atoms with Crippen molar-refractivity contribution >= 4 is 17.1 Å². The van der Waals surface area contributed by atoms with Gasteiger partial charge in [0.2, 0.25) is 0 Å².